The summed E-state index contributed by atoms with van der Waals surface area (Å²) in [5, 5.41) is 0.583. The lowest BCUT2D eigenvalue weighted by molar-refractivity contribution is 0.0840. The molecule has 3 aromatic rings. The summed E-state index contributed by atoms with van der Waals surface area (Å²) in [6, 6.07) is 12.7. The number of hydrogen-bond acceptors (Lipinski definition) is 3. The number of primary amides is 1. The van der Waals surface area contributed by atoms with Gasteiger partial charge < -0.3 is 10.5 Å². The molecule has 1 aromatic heterocycles. The molecule has 0 aliphatic heterocycles. The number of hydrogen-bond donors (Lipinski definition) is 1. The highest BCUT2D eigenvalue weighted by molar-refractivity contribution is 6.08. The van der Waals surface area contributed by atoms with Gasteiger partial charge in [-0.2, -0.15) is 0 Å². The molecule has 116 valence electrons. The third kappa shape index (κ3) is 2.78. The topological polar surface area (TPSA) is 74.3 Å². The van der Waals surface area contributed by atoms with Crippen molar-refractivity contribution in [1.29, 1.82) is 0 Å². The molecule has 0 aliphatic rings. The van der Waals surface area contributed by atoms with Crippen molar-refractivity contribution in [3.63, 3.8) is 0 Å². The summed E-state index contributed by atoms with van der Waals surface area (Å²) in [4.78, 5) is 23.8. The molecule has 0 saturated heterocycles. The molecule has 23 heavy (non-hydrogen) atoms. The van der Waals surface area contributed by atoms with E-state index >= 15 is 0 Å². The van der Waals surface area contributed by atoms with E-state index in [1.165, 1.54) is 29.0 Å². The van der Waals surface area contributed by atoms with Gasteiger partial charge in [0.25, 0.3) is 11.8 Å². The Bertz CT molecular complexity index is 902. The van der Waals surface area contributed by atoms with Crippen LogP contribution in [0.3, 0.4) is 0 Å². The summed E-state index contributed by atoms with van der Waals surface area (Å²) in [5.74, 6) is -1.61. The second-order valence-corrected chi connectivity index (χ2v) is 4.91. The number of benzene rings is 2. The largest absolute Gasteiger partial charge is 0.481 e. The number of fused-ring (bicyclic) bond motifs is 1. The number of rotatable bonds is 4. The van der Waals surface area contributed by atoms with E-state index in [2.05, 4.69) is 0 Å². The first-order chi connectivity index (χ1) is 11.1. The second kappa shape index (κ2) is 5.92. The number of para-hydroxylation sites is 2. The summed E-state index contributed by atoms with van der Waals surface area (Å²) in [6.07, 6.45) is 1.38. The molecular weight excluding hydrogens is 299 g/mol. The van der Waals surface area contributed by atoms with E-state index in [0.29, 0.717) is 10.9 Å². The lowest BCUT2D eigenvalue weighted by atomic mass is 10.2. The average Bonchev–Trinajstić information content (AvgIpc) is 2.94. The van der Waals surface area contributed by atoms with Crippen LogP contribution in [-0.2, 0) is 0 Å². The van der Waals surface area contributed by atoms with Crippen LogP contribution in [0.25, 0.3) is 10.9 Å². The summed E-state index contributed by atoms with van der Waals surface area (Å²) in [5.41, 5.74) is 6.13. The molecule has 1 amide bonds. The maximum atomic E-state index is 13.5. The second-order valence-electron chi connectivity index (χ2n) is 4.91. The van der Waals surface area contributed by atoms with Gasteiger partial charge in [0.1, 0.15) is 0 Å². The number of amides is 1. The lowest BCUT2D eigenvalue weighted by Crippen LogP contribution is -2.19. The van der Waals surface area contributed by atoms with Gasteiger partial charge in [-0.05, 0) is 18.2 Å². The van der Waals surface area contributed by atoms with Crippen molar-refractivity contribution in [3.05, 3.63) is 66.1 Å². The molecule has 0 fully saturated rings. The number of ether oxygens (including phenoxy) is 1. The van der Waals surface area contributed by atoms with Gasteiger partial charge in [-0.3, -0.25) is 14.2 Å². The monoisotopic (exact) mass is 312 g/mol. The zero-order chi connectivity index (χ0) is 16.4. The van der Waals surface area contributed by atoms with Gasteiger partial charge in [0.15, 0.2) is 18.2 Å². The van der Waals surface area contributed by atoms with Crippen molar-refractivity contribution in [1.82, 2.24) is 4.57 Å². The van der Waals surface area contributed by atoms with Crippen molar-refractivity contribution < 1.29 is 18.7 Å². The highest BCUT2D eigenvalue weighted by atomic mass is 19.1. The van der Waals surface area contributed by atoms with Gasteiger partial charge in [0.2, 0.25) is 0 Å². The minimum absolute atomic E-state index is 0.00700. The quantitative estimate of drug-likeness (QED) is 0.804. The predicted octanol–water partition coefficient (Wildman–Crippen LogP) is 2.60. The molecule has 0 unspecified atom stereocenters. The molecule has 0 saturated carbocycles. The van der Waals surface area contributed by atoms with Crippen LogP contribution < -0.4 is 10.5 Å². The van der Waals surface area contributed by atoms with E-state index in [9.17, 15) is 14.0 Å². The number of carbonyl (C=O) groups is 2. The lowest BCUT2D eigenvalue weighted by Gasteiger charge is -2.07. The van der Waals surface area contributed by atoms with E-state index in [1.807, 2.05) is 0 Å². The first kappa shape index (κ1) is 14.8. The van der Waals surface area contributed by atoms with Crippen LogP contribution in [0.15, 0.2) is 54.7 Å². The summed E-state index contributed by atoms with van der Waals surface area (Å²) in [6.45, 7) is -0.363. The smallest absolute Gasteiger partial charge is 0.269 e. The molecule has 6 heteroatoms. The van der Waals surface area contributed by atoms with Crippen LogP contribution in [-0.4, -0.2) is 23.0 Å². The fraction of sp³-hybridized carbons (Fsp3) is 0.0588. The van der Waals surface area contributed by atoms with Gasteiger partial charge in [0.05, 0.1) is 11.1 Å². The molecule has 0 aliphatic carbocycles. The molecule has 3 rings (SSSR count). The number of aromatic nitrogens is 1. The average molecular weight is 312 g/mol. The van der Waals surface area contributed by atoms with Crippen LogP contribution >= 0.6 is 0 Å². The Hall–Kier alpha value is -3.15. The fourth-order valence-electron chi connectivity index (χ4n) is 2.35. The number of halogens is 1. The SMILES string of the molecule is NC(=O)c1cn(C(=O)COc2ccccc2F)c2ccccc12. The maximum absolute atomic E-state index is 13.5. The highest BCUT2D eigenvalue weighted by Gasteiger charge is 2.17. The first-order valence-electron chi connectivity index (χ1n) is 6.88. The predicted molar refractivity (Wildman–Crippen MR) is 83.0 cm³/mol. The van der Waals surface area contributed by atoms with Crippen molar-refractivity contribution in [2.24, 2.45) is 5.73 Å². The Morgan fingerprint density at radius 1 is 1.09 bits per heavy atom. The molecule has 5 nitrogen and oxygen atoms in total. The molecular formula is C17H13FN2O3. The standard InChI is InChI=1S/C17H13FN2O3/c18-13-6-2-4-8-15(13)23-10-16(21)20-9-12(17(19)22)11-5-1-3-7-14(11)20/h1-9H,10H2,(H2,19,22). The third-order valence-corrected chi connectivity index (χ3v) is 3.43. The molecule has 0 radical (unpaired) electrons. The zero-order valence-electron chi connectivity index (χ0n) is 12.0. The van der Waals surface area contributed by atoms with Crippen LogP contribution in [0, 0.1) is 5.82 Å². The minimum atomic E-state index is -0.622. The van der Waals surface area contributed by atoms with Gasteiger partial charge in [-0.1, -0.05) is 30.3 Å². The zero-order valence-corrected chi connectivity index (χ0v) is 12.0. The van der Waals surface area contributed by atoms with Crippen molar-refractivity contribution in [2.45, 2.75) is 0 Å². The van der Waals surface area contributed by atoms with Crippen molar-refractivity contribution >= 4 is 22.7 Å². The van der Waals surface area contributed by atoms with Crippen molar-refractivity contribution in [2.75, 3.05) is 6.61 Å². The van der Waals surface area contributed by atoms with Gasteiger partial charge in [-0.15, -0.1) is 0 Å². The number of nitrogens with zero attached hydrogens (tertiary/aromatic N) is 1. The summed E-state index contributed by atoms with van der Waals surface area (Å²) < 4.78 is 20.0. The normalized spacial score (nSPS) is 10.7. The highest BCUT2D eigenvalue weighted by Crippen LogP contribution is 2.21. The Balaban J connectivity index is 1.90. The molecule has 2 aromatic carbocycles. The fourth-order valence-corrected chi connectivity index (χ4v) is 2.35. The Kier molecular flexibility index (Phi) is 3.80. The van der Waals surface area contributed by atoms with Crippen LogP contribution in [0.4, 0.5) is 4.39 Å². The molecule has 0 atom stereocenters. The van der Waals surface area contributed by atoms with Crippen molar-refractivity contribution in [3.8, 4) is 5.75 Å². The van der Waals surface area contributed by atoms with E-state index in [-0.39, 0.29) is 17.9 Å². The first-order valence-corrected chi connectivity index (χ1v) is 6.88. The van der Waals surface area contributed by atoms with E-state index in [1.54, 1.807) is 30.3 Å². The Labute approximate surface area is 131 Å². The van der Waals surface area contributed by atoms with Gasteiger partial charge in [-0.25, -0.2) is 4.39 Å². The Morgan fingerprint density at radius 2 is 1.78 bits per heavy atom. The molecule has 2 N–H and O–H groups in total. The van der Waals surface area contributed by atoms with E-state index < -0.39 is 17.6 Å². The third-order valence-electron chi connectivity index (χ3n) is 3.43. The van der Waals surface area contributed by atoms with E-state index in [0.717, 1.165) is 0 Å². The Morgan fingerprint density at radius 3 is 2.52 bits per heavy atom. The molecule has 0 bridgehead atoms. The van der Waals surface area contributed by atoms with Gasteiger partial charge in [0, 0.05) is 11.6 Å². The summed E-state index contributed by atoms with van der Waals surface area (Å²) >= 11 is 0. The number of carbonyl (C=O) groups excluding carboxylic acids is 2. The molecule has 1 heterocycles. The van der Waals surface area contributed by atoms with Crippen LogP contribution in [0.5, 0.6) is 5.75 Å². The number of nitrogens with two attached hydrogens (primary N) is 1. The summed E-state index contributed by atoms with van der Waals surface area (Å²) in [7, 11) is 0. The van der Waals surface area contributed by atoms with Crippen LogP contribution in [0.2, 0.25) is 0 Å². The van der Waals surface area contributed by atoms with E-state index in [4.69, 9.17) is 10.5 Å². The minimum Gasteiger partial charge on any atom is -0.481 e. The van der Waals surface area contributed by atoms with Gasteiger partial charge >= 0.3 is 0 Å². The maximum Gasteiger partial charge on any atom is 0.269 e. The molecule has 0 spiro atoms. The van der Waals surface area contributed by atoms with Crippen LogP contribution in [0.1, 0.15) is 15.2 Å².